The van der Waals surface area contributed by atoms with Crippen LogP contribution < -0.4 is 5.73 Å². The van der Waals surface area contributed by atoms with Crippen molar-refractivity contribution in [1.29, 1.82) is 0 Å². The highest BCUT2D eigenvalue weighted by Gasteiger charge is 2.35. The molecule has 0 radical (unpaired) electrons. The molecule has 6 N–H and O–H groups in total. The highest BCUT2D eigenvalue weighted by Crippen LogP contribution is 2.09. The molecule has 0 unspecified atom stereocenters. The molecule has 0 spiro atoms. The molecule has 0 saturated heterocycles. The van der Waals surface area contributed by atoms with Crippen molar-refractivity contribution in [3.05, 3.63) is 0 Å². The quantitative estimate of drug-likeness (QED) is 0.231. The van der Waals surface area contributed by atoms with Gasteiger partial charge in [0.1, 0.15) is 24.4 Å². The summed E-state index contributed by atoms with van der Waals surface area (Å²) in [6.45, 7) is -1.34. The van der Waals surface area contributed by atoms with Crippen molar-refractivity contribution in [3.63, 3.8) is 0 Å². The molecule has 0 bridgehead atoms. The Balaban J connectivity index is 4.79. The zero-order valence-electron chi connectivity index (χ0n) is 9.97. The van der Waals surface area contributed by atoms with Crippen molar-refractivity contribution >= 4 is 12.3 Å². The van der Waals surface area contributed by atoms with Gasteiger partial charge in [-0.15, -0.1) is 0 Å². The topological polar surface area (TPSA) is 150 Å². The first-order valence-electron chi connectivity index (χ1n) is 5.45. The van der Waals surface area contributed by atoms with Gasteiger partial charge in [-0.3, -0.25) is 4.79 Å². The first-order chi connectivity index (χ1) is 8.38. The van der Waals surface area contributed by atoms with E-state index in [0.717, 1.165) is 0 Å². The maximum Gasteiger partial charge on any atom is 0.323 e. The molecule has 8 heteroatoms. The molecule has 0 fully saturated rings. The Morgan fingerprint density at radius 3 is 2.53 bits per heavy atom. The summed E-state index contributed by atoms with van der Waals surface area (Å²) >= 11 is 0. The van der Waals surface area contributed by atoms with Gasteiger partial charge >= 0.3 is 5.97 Å². The number of carbonyl (C=O) groups is 2. The van der Waals surface area contributed by atoms with Gasteiger partial charge in [-0.25, -0.2) is 0 Å². The van der Waals surface area contributed by atoms with Gasteiger partial charge in [0.05, 0.1) is 6.61 Å². The van der Waals surface area contributed by atoms with E-state index >= 15 is 0 Å². The fourth-order valence-electron chi connectivity index (χ4n) is 0.967. The molecule has 0 aliphatic rings. The molecule has 0 saturated carbocycles. The van der Waals surface area contributed by atoms with Crippen molar-refractivity contribution in [1.82, 2.24) is 0 Å². The second-order valence-corrected chi connectivity index (χ2v) is 3.38. The predicted molar refractivity (Wildman–Crippen MR) is 54.7 cm³/mol. The number of aliphatic hydroxyl groups is 4. The van der Waals surface area contributed by atoms with Crippen LogP contribution in [-0.2, 0) is 14.3 Å². The fourth-order valence-corrected chi connectivity index (χ4v) is 0.967. The standard InChI is InChI=1S/C9H17NO7/c1-4(10)9(16)17-8(6(14)3-12)7(15)5(13)2-11/h3-8,11,13-15H,2,10H2,1H3/t4-,5+,6-,7+,8+/m0/s1/i1D. The molecule has 0 aliphatic heterocycles. The van der Waals surface area contributed by atoms with Gasteiger partial charge in [0.2, 0.25) is 0 Å². The SMILES string of the molecule is [2H]C[C@H](N)C(=O)O[C@@H]([C@H](O)[C@H](O)CO)[C@@H](O)C=O. The largest absolute Gasteiger partial charge is 0.455 e. The monoisotopic (exact) mass is 252 g/mol. The molecule has 5 atom stereocenters. The number of nitrogens with two attached hydrogens (primary N) is 1. The Kier molecular flexibility index (Phi) is 6.01. The molecule has 0 heterocycles. The molecule has 100 valence electrons. The lowest BCUT2D eigenvalue weighted by Gasteiger charge is -2.27. The molecule has 0 amide bonds. The van der Waals surface area contributed by atoms with Crippen LogP contribution in [0.2, 0.25) is 0 Å². The summed E-state index contributed by atoms with van der Waals surface area (Å²) in [7, 11) is 0. The van der Waals surface area contributed by atoms with Crippen LogP contribution in [0.1, 0.15) is 8.27 Å². The van der Waals surface area contributed by atoms with E-state index < -0.39 is 49.9 Å². The third-order valence-electron chi connectivity index (χ3n) is 1.95. The van der Waals surface area contributed by atoms with E-state index in [1.807, 2.05) is 0 Å². The van der Waals surface area contributed by atoms with Crippen LogP contribution >= 0.6 is 0 Å². The number of aldehydes is 1. The van der Waals surface area contributed by atoms with Gasteiger partial charge in [0.25, 0.3) is 0 Å². The lowest BCUT2D eigenvalue weighted by molar-refractivity contribution is -0.174. The maximum atomic E-state index is 11.3. The molecule has 0 aliphatic carbocycles. The lowest BCUT2D eigenvalue weighted by Crippen LogP contribution is -2.50. The molecule has 17 heavy (non-hydrogen) atoms. The van der Waals surface area contributed by atoms with E-state index in [0.29, 0.717) is 0 Å². The van der Waals surface area contributed by atoms with Crippen molar-refractivity contribution in [2.45, 2.75) is 37.4 Å². The zero-order chi connectivity index (χ0) is 14.3. The highest BCUT2D eigenvalue weighted by molar-refractivity contribution is 5.75. The summed E-state index contributed by atoms with van der Waals surface area (Å²) < 4.78 is 11.4. The highest BCUT2D eigenvalue weighted by atomic mass is 16.6. The van der Waals surface area contributed by atoms with Crippen LogP contribution in [0.3, 0.4) is 0 Å². The first kappa shape index (κ1) is 14.0. The van der Waals surface area contributed by atoms with E-state index in [1.54, 1.807) is 0 Å². The lowest BCUT2D eigenvalue weighted by atomic mass is 10.0. The molecular weight excluding hydrogens is 234 g/mol. The molecule has 8 nitrogen and oxygen atoms in total. The number of hydrogen-bond donors (Lipinski definition) is 5. The molecule has 0 rings (SSSR count). The Morgan fingerprint density at radius 1 is 1.53 bits per heavy atom. The number of hydrogen-bond acceptors (Lipinski definition) is 8. The van der Waals surface area contributed by atoms with E-state index in [1.165, 1.54) is 0 Å². The maximum absolute atomic E-state index is 11.3. The summed E-state index contributed by atoms with van der Waals surface area (Å²) in [5, 5.41) is 36.5. The van der Waals surface area contributed by atoms with Crippen molar-refractivity contribution in [2.24, 2.45) is 5.73 Å². The molecule has 0 aromatic carbocycles. The van der Waals surface area contributed by atoms with Gasteiger partial charge in [-0.2, -0.15) is 0 Å². The number of esters is 1. The van der Waals surface area contributed by atoms with E-state index in [9.17, 15) is 19.8 Å². The van der Waals surface area contributed by atoms with E-state index in [-0.39, 0.29) is 6.29 Å². The number of rotatable bonds is 7. The normalized spacial score (nSPS) is 20.6. The minimum Gasteiger partial charge on any atom is -0.455 e. The van der Waals surface area contributed by atoms with Crippen LogP contribution in [-0.4, -0.2) is 69.7 Å². The van der Waals surface area contributed by atoms with Gasteiger partial charge in [-0.1, -0.05) is 0 Å². The molecular formula is C9H17NO7. The van der Waals surface area contributed by atoms with E-state index in [4.69, 9.17) is 17.3 Å². The predicted octanol–water partition coefficient (Wildman–Crippen LogP) is -3.48. The first-order valence-corrected chi connectivity index (χ1v) is 4.74. The average molecular weight is 252 g/mol. The molecule has 0 aromatic heterocycles. The number of ether oxygens (including phenoxy) is 1. The van der Waals surface area contributed by atoms with Crippen molar-refractivity contribution in [2.75, 3.05) is 6.61 Å². The van der Waals surface area contributed by atoms with Crippen molar-refractivity contribution in [3.8, 4) is 0 Å². The second-order valence-electron chi connectivity index (χ2n) is 3.38. The number of aliphatic hydroxyl groups excluding tert-OH is 4. The Bertz CT molecular complexity index is 278. The zero-order valence-corrected chi connectivity index (χ0v) is 8.97. The third kappa shape index (κ3) is 4.75. The summed E-state index contributed by atoms with van der Waals surface area (Å²) in [6, 6.07) is -1.30. The van der Waals surface area contributed by atoms with Crippen LogP contribution in [0.5, 0.6) is 0 Å². The van der Waals surface area contributed by atoms with E-state index in [2.05, 4.69) is 4.74 Å². The minimum atomic E-state index is -1.89. The summed E-state index contributed by atoms with van der Waals surface area (Å²) in [6.07, 6.45) is -7.23. The summed E-state index contributed by atoms with van der Waals surface area (Å²) in [5.74, 6) is -1.11. The van der Waals surface area contributed by atoms with Gasteiger partial charge in [0.15, 0.2) is 12.4 Å². The van der Waals surface area contributed by atoms with Crippen molar-refractivity contribution < 1.29 is 36.1 Å². The Hall–Kier alpha value is -1.06. The summed E-state index contributed by atoms with van der Waals surface area (Å²) in [5.41, 5.74) is 5.19. The van der Waals surface area contributed by atoms with Gasteiger partial charge in [-0.05, 0) is 6.90 Å². The van der Waals surface area contributed by atoms with Crippen LogP contribution in [0.25, 0.3) is 0 Å². The van der Waals surface area contributed by atoms with Crippen LogP contribution in [0, 0.1) is 0 Å². The Labute approximate surface area is 99.0 Å². The minimum absolute atomic E-state index is 0.00250. The second kappa shape index (κ2) is 7.30. The third-order valence-corrected chi connectivity index (χ3v) is 1.95. The molecule has 0 aromatic rings. The fraction of sp³-hybridized carbons (Fsp3) is 0.778. The van der Waals surface area contributed by atoms with Gasteiger partial charge in [0, 0.05) is 1.37 Å². The smallest absolute Gasteiger partial charge is 0.323 e. The summed E-state index contributed by atoms with van der Waals surface area (Å²) in [4.78, 5) is 21.7. The van der Waals surface area contributed by atoms with Crippen LogP contribution in [0.4, 0.5) is 0 Å². The average Bonchev–Trinajstić information content (AvgIpc) is 2.40. The Morgan fingerprint density at radius 2 is 2.12 bits per heavy atom. The van der Waals surface area contributed by atoms with Gasteiger partial charge < -0.3 is 35.7 Å². The van der Waals surface area contributed by atoms with Crippen LogP contribution in [0.15, 0.2) is 0 Å². The number of carbonyl (C=O) groups excluding carboxylic acids is 2.